The molecular weight excluding hydrogens is 290 g/mol. The van der Waals surface area contributed by atoms with Gasteiger partial charge in [0, 0.05) is 0 Å². The van der Waals surface area contributed by atoms with Crippen molar-refractivity contribution in [2.45, 2.75) is 59.0 Å². The number of hydrogen-bond donors (Lipinski definition) is 2. The molecule has 0 aliphatic carbocycles. The number of nitrogens with two attached hydrogens (primary N) is 1. The van der Waals surface area contributed by atoms with Crippen LogP contribution in [-0.2, 0) is 14.3 Å². The van der Waals surface area contributed by atoms with Gasteiger partial charge < -0.3 is 4.74 Å². The normalized spacial score (nSPS) is 12.5. The first-order chi connectivity index (χ1) is 10.1. The Bertz CT molecular complexity index is 381. The van der Waals surface area contributed by atoms with Gasteiger partial charge in [-0.15, -0.1) is 0 Å². The van der Waals surface area contributed by atoms with Gasteiger partial charge in [-0.3, -0.25) is 14.8 Å². The molecule has 0 saturated heterocycles. The van der Waals surface area contributed by atoms with Crippen molar-refractivity contribution in [2.75, 3.05) is 6.54 Å². The van der Waals surface area contributed by atoms with E-state index in [0.717, 1.165) is 19.3 Å². The second-order valence-corrected chi connectivity index (χ2v) is 6.11. The van der Waals surface area contributed by atoms with E-state index in [1.807, 2.05) is 6.92 Å². The van der Waals surface area contributed by atoms with E-state index < -0.39 is 23.5 Å². The van der Waals surface area contributed by atoms with Crippen molar-refractivity contribution < 1.29 is 24.3 Å². The van der Waals surface area contributed by atoms with Gasteiger partial charge in [0.1, 0.15) is 5.60 Å². The molecule has 0 radical (unpaired) electrons. The summed E-state index contributed by atoms with van der Waals surface area (Å²) in [5.74, 6) is 4.06. The van der Waals surface area contributed by atoms with E-state index in [9.17, 15) is 19.6 Å². The minimum absolute atomic E-state index is 0.203. The van der Waals surface area contributed by atoms with Crippen molar-refractivity contribution in [1.82, 2.24) is 10.1 Å². The first-order valence-corrected chi connectivity index (χ1v) is 7.34. The molecule has 0 spiro atoms. The Labute approximate surface area is 131 Å². The highest BCUT2D eigenvalue weighted by Gasteiger charge is 2.30. The van der Waals surface area contributed by atoms with E-state index >= 15 is 0 Å². The van der Waals surface area contributed by atoms with Gasteiger partial charge in [-0.05, 0) is 27.2 Å². The molecule has 8 nitrogen and oxygen atoms in total. The molecule has 0 aliphatic heterocycles. The predicted octanol–water partition coefficient (Wildman–Crippen LogP) is 1.67. The van der Waals surface area contributed by atoms with Crippen molar-refractivity contribution in [3.05, 3.63) is 0 Å². The zero-order chi connectivity index (χ0) is 17.3. The number of carbonyl (C=O) groups excluding carboxylic acids is 3. The molecule has 0 aromatic rings. The average Bonchev–Trinajstić information content (AvgIpc) is 2.42. The van der Waals surface area contributed by atoms with Crippen molar-refractivity contribution in [3.8, 4) is 0 Å². The second-order valence-electron chi connectivity index (χ2n) is 6.11. The Hall–Kier alpha value is -1.67. The van der Waals surface area contributed by atoms with E-state index in [2.05, 4.69) is 0 Å². The van der Waals surface area contributed by atoms with Crippen LogP contribution in [0.3, 0.4) is 0 Å². The van der Waals surface area contributed by atoms with E-state index in [-0.39, 0.29) is 13.0 Å². The summed E-state index contributed by atoms with van der Waals surface area (Å²) in [5.41, 5.74) is -0.779. The van der Waals surface area contributed by atoms with Crippen molar-refractivity contribution >= 4 is 18.4 Å². The molecule has 0 aromatic heterocycles. The summed E-state index contributed by atoms with van der Waals surface area (Å²) in [6, 6.07) is 0. The molecule has 3 amide bonds. The molecule has 22 heavy (non-hydrogen) atoms. The first-order valence-electron chi connectivity index (χ1n) is 7.34. The summed E-state index contributed by atoms with van der Waals surface area (Å²) in [7, 11) is 0. The van der Waals surface area contributed by atoms with Crippen LogP contribution in [-0.4, -0.2) is 45.8 Å². The number of hydrogen-bond acceptors (Lipinski definition) is 6. The molecule has 1 atom stereocenters. The molecule has 0 heterocycles. The quantitative estimate of drug-likeness (QED) is 0.176. The van der Waals surface area contributed by atoms with Gasteiger partial charge in [0.05, 0.1) is 12.5 Å². The lowest BCUT2D eigenvalue weighted by Gasteiger charge is -2.26. The summed E-state index contributed by atoms with van der Waals surface area (Å²) >= 11 is 0. The number of nitrogens with zero attached hydrogens (tertiary/aromatic N) is 2. The molecule has 128 valence electrons. The molecule has 0 aromatic carbocycles. The molecule has 8 heteroatoms. The zero-order valence-corrected chi connectivity index (χ0v) is 13.7. The van der Waals surface area contributed by atoms with Crippen LogP contribution in [0, 0.1) is 5.92 Å². The fourth-order valence-corrected chi connectivity index (χ4v) is 1.80. The van der Waals surface area contributed by atoms with Gasteiger partial charge in [0.2, 0.25) is 6.41 Å². The van der Waals surface area contributed by atoms with Gasteiger partial charge in [-0.25, -0.2) is 15.7 Å². The monoisotopic (exact) mass is 317 g/mol. The van der Waals surface area contributed by atoms with Gasteiger partial charge in [0.25, 0.3) is 5.91 Å². The lowest BCUT2D eigenvalue weighted by Crippen LogP contribution is -2.49. The van der Waals surface area contributed by atoms with Crippen LogP contribution in [0.25, 0.3) is 0 Å². The minimum Gasteiger partial charge on any atom is -0.442 e. The number of hydrazine groups is 1. The molecule has 0 bridgehead atoms. The van der Waals surface area contributed by atoms with Crippen LogP contribution in [0.2, 0.25) is 0 Å². The van der Waals surface area contributed by atoms with E-state index in [1.165, 1.54) is 0 Å². The van der Waals surface area contributed by atoms with Crippen molar-refractivity contribution in [1.29, 1.82) is 0 Å². The Kier molecular flexibility index (Phi) is 8.66. The third-order valence-corrected chi connectivity index (χ3v) is 2.86. The molecular formula is C14H27N3O5. The predicted molar refractivity (Wildman–Crippen MR) is 79.5 cm³/mol. The first kappa shape index (κ1) is 20.3. The fourth-order valence-electron chi connectivity index (χ4n) is 1.80. The highest BCUT2D eigenvalue weighted by atomic mass is 16.6. The Morgan fingerprint density at radius 3 is 2.36 bits per heavy atom. The topological polar surface area (TPSA) is 113 Å². The zero-order valence-electron chi connectivity index (χ0n) is 13.7. The Morgan fingerprint density at radius 2 is 1.91 bits per heavy atom. The molecule has 0 fully saturated rings. The molecule has 0 aliphatic rings. The van der Waals surface area contributed by atoms with Crippen LogP contribution < -0.4 is 5.84 Å². The number of amides is 3. The highest BCUT2D eigenvalue weighted by molar-refractivity contribution is 5.92. The summed E-state index contributed by atoms with van der Waals surface area (Å²) in [6.07, 6.45) is 2.22. The Balaban J connectivity index is 4.83. The van der Waals surface area contributed by atoms with Crippen LogP contribution in [0.15, 0.2) is 0 Å². The molecule has 0 rings (SSSR count). The fraction of sp³-hybridized carbons (Fsp3) is 0.786. The number of carbonyl (C=O) groups is 3. The van der Waals surface area contributed by atoms with Gasteiger partial charge in [-0.1, -0.05) is 26.2 Å². The number of unbranched alkanes of at least 4 members (excludes halogenated alkanes) is 2. The summed E-state index contributed by atoms with van der Waals surface area (Å²) in [4.78, 5) is 34.6. The summed E-state index contributed by atoms with van der Waals surface area (Å²) in [6.45, 7) is 6.76. The number of ether oxygens (including phenoxy) is 1. The largest absolute Gasteiger partial charge is 0.442 e. The third-order valence-electron chi connectivity index (χ3n) is 2.86. The SMILES string of the molecule is CCCCC[C@H](CN(O)C=O)C(=O)N(N)C(=O)OC(C)(C)C. The Morgan fingerprint density at radius 1 is 1.32 bits per heavy atom. The lowest BCUT2D eigenvalue weighted by molar-refractivity contribution is -0.156. The smallest absolute Gasteiger partial charge is 0.431 e. The highest BCUT2D eigenvalue weighted by Crippen LogP contribution is 2.15. The van der Waals surface area contributed by atoms with Crippen LogP contribution in [0.4, 0.5) is 4.79 Å². The van der Waals surface area contributed by atoms with E-state index in [0.29, 0.717) is 16.5 Å². The van der Waals surface area contributed by atoms with Gasteiger partial charge in [-0.2, -0.15) is 5.01 Å². The number of rotatable bonds is 8. The molecule has 0 saturated carbocycles. The van der Waals surface area contributed by atoms with E-state index in [4.69, 9.17) is 10.6 Å². The second kappa shape index (κ2) is 9.37. The average molecular weight is 317 g/mol. The molecule has 0 unspecified atom stereocenters. The lowest BCUT2D eigenvalue weighted by atomic mass is 10.00. The van der Waals surface area contributed by atoms with Crippen molar-refractivity contribution in [3.63, 3.8) is 0 Å². The standard InChI is InChI=1S/C14H27N3O5/c1-5-6-7-8-11(9-16(21)10-18)12(19)17(15)13(20)22-14(2,3)4/h10-11,21H,5-9,15H2,1-4H3/t11-/m1/s1. The maximum Gasteiger partial charge on any atom is 0.431 e. The third kappa shape index (κ3) is 7.94. The van der Waals surface area contributed by atoms with Gasteiger partial charge >= 0.3 is 6.09 Å². The minimum atomic E-state index is -0.964. The maximum absolute atomic E-state index is 12.3. The summed E-state index contributed by atoms with van der Waals surface area (Å²) < 4.78 is 5.02. The van der Waals surface area contributed by atoms with Crippen LogP contribution >= 0.6 is 0 Å². The van der Waals surface area contributed by atoms with Crippen LogP contribution in [0.5, 0.6) is 0 Å². The number of hydroxylamine groups is 2. The summed E-state index contributed by atoms with van der Waals surface area (Å²) in [5, 5.41) is 10.1. The molecule has 3 N–H and O–H groups in total. The maximum atomic E-state index is 12.3. The van der Waals surface area contributed by atoms with Gasteiger partial charge in [0.15, 0.2) is 0 Å². The van der Waals surface area contributed by atoms with E-state index in [1.54, 1.807) is 20.8 Å². The van der Waals surface area contributed by atoms with Crippen molar-refractivity contribution in [2.24, 2.45) is 11.8 Å². The van der Waals surface area contributed by atoms with Crippen LogP contribution in [0.1, 0.15) is 53.4 Å². The number of imide groups is 1.